The van der Waals surface area contributed by atoms with Crippen LogP contribution in [0.25, 0.3) is 0 Å². The zero-order valence-corrected chi connectivity index (χ0v) is 9.13. The van der Waals surface area contributed by atoms with Crippen molar-refractivity contribution in [1.29, 1.82) is 0 Å². The van der Waals surface area contributed by atoms with Gasteiger partial charge >= 0.3 is 0 Å². The van der Waals surface area contributed by atoms with Crippen LogP contribution in [0.2, 0.25) is 0 Å². The molecule has 1 rings (SSSR count). The number of aromatic nitrogens is 2. The first-order chi connectivity index (χ1) is 5.63. The van der Waals surface area contributed by atoms with Gasteiger partial charge in [0.1, 0.15) is 4.60 Å². The van der Waals surface area contributed by atoms with Crippen LogP contribution in [0, 0.1) is 5.92 Å². The number of rotatable bonds is 3. The molecule has 0 unspecified atom stereocenters. The van der Waals surface area contributed by atoms with Crippen molar-refractivity contribution in [3.8, 4) is 5.88 Å². The molecule has 0 bridgehead atoms. The van der Waals surface area contributed by atoms with Gasteiger partial charge in [-0.3, -0.25) is 4.68 Å². The van der Waals surface area contributed by atoms with E-state index in [0.717, 1.165) is 11.1 Å². The van der Waals surface area contributed by atoms with Crippen molar-refractivity contribution < 1.29 is 4.74 Å². The third-order valence-electron chi connectivity index (χ3n) is 1.46. The van der Waals surface area contributed by atoms with Gasteiger partial charge in [-0.1, -0.05) is 13.8 Å². The van der Waals surface area contributed by atoms with Gasteiger partial charge in [0.05, 0.1) is 7.11 Å². The van der Waals surface area contributed by atoms with Crippen LogP contribution >= 0.6 is 15.9 Å². The Hall–Kier alpha value is -0.510. The fraction of sp³-hybridized carbons (Fsp3) is 0.625. The Balaban J connectivity index is 2.77. The van der Waals surface area contributed by atoms with Crippen molar-refractivity contribution in [2.45, 2.75) is 20.4 Å². The summed E-state index contributed by atoms with van der Waals surface area (Å²) in [7, 11) is 1.62. The Morgan fingerprint density at radius 1 is 1.67 bits per heavy atom. The quantitative estimate of drug-likeness (QED) is 0.800. The van der Waals surface area contributed by atoms with Gasteiger partial charge < -0.3 is 4.74 Å². The van der Waals surface area contributed by atoms with Crippen LogP contribution in [0.5, 0.6) is 5.88 Å². The molecule has 0 radical (unpaired) electrons. The molecule has 0 aliphatic heterocycles. The molecule has 1 heterocycles. The van der Waals surface area contributed by atoms with E-state index in [-0.39, 0.29) is 0 Å². The van der Waals surface area contributed by atoms with Gasteiger partial charge in [0.25, 0.3) is 0 Å². The van der Waals surface area contributed by atoms with Gasteiger partial charge in [-0.05, 0) is 21.8 Å². The zero-order valence-electron chi connectivity index (χ0n) is 7.54. The number of nitrogens with zero attached hydrogens (tertiary/aromatic N) is 2. The van der Waals surface area contributed by atoms with Crippen LogP contribution < -0.4 is 4.74 Å². The molecule has 68 valence electrons. The predicted octanol–water partition coefficient (Wildman–Crippen LogP) is 2.31. The lowest BCUT2D eigenvalue weighted by Crippen LogP contribution is -2.06. The number of methoxy groups -OCH3 is 1. The van der Waals surface area contributed by atoms with Crippen LogP contribution in [0.3, 0.4) is 0 Å². The predicted molar refractivity (Wildman–Crippen MR) is 51.3 cm³/mol. The van der Waals surface area contributed by atoms with Crippen molar-refractivity contribution in [1.82, 2.24) is 9.78 Å². The summed E-state index contributed by atoms with van der Waals surface area (Å²) in [5.41, 5.74) is 0. The minimum Gasteiger partial charge on any atom is -0.480 e. The molecule has 4 heteroatoms. The lowest BCUT2D eigenvalue weighted by Gasteiger charge is -2.05. The van der Waals surface area contributed by atoms with E-state index in [9.17, 15) is 0 Å². The lowest BCUT2D eigenvalue weighted by atomic mass is 10.2. The first-order valence-electron chi connectivity index (χ1n) is 3.91. The van der Waals surface area contributed by atoms with Crippen LogP contribution in [-0.4, -0.2) is 16.9 Å². The van der Waals surface area contributed by atoms with Crippen molar-refractivity contribution in [3.05, 3.63) is 10.7 Å². The fourth-order valence-electron chi connectivity index (χ4n) is 0.946. The van der Waals surface area contributed by atoms with Crippen LogP contribution in [0.4, 0.5) is 0 Å². The lowest BCUT2D eigenvalue weighted by molar-refractivity contribution is 0.380. The highest BCUT2D eigenvalue weighted by atomic mass is 79.9. The maximum absolute atomic E-state index is 5.00. The minimum atomic E-state index is 0.589. The Bertz CT molecular complexity index is 258. The Kier molecular flexibility index (Phi) is 3.14. The summed E-state index contributed by atoms with van der Waals surface area (Å²) in [5.74, 6) is 1.24. The second-order valence-electron chi connectivity index (χ2n) is 3.09. The molecule has 0 aromatic carbocycles. The first-order valence-corrected chi connectivity index (χ1v) is 4.70. The SMILES string of the molecule is COc1cc(Br)n(CC(C)C)n1. The monoisotopic (exact) mass is 232 g/mol. The molecule has 0 N–H and O–H groups in total. The van der Waals surface area contributed by atoms with Crippen molar-refractivity contribution >= 4 is 15.9 Å². The summed E-state index contributed by atoms with van der Waals surface area (Å²) in [5, 5.41) is 4.22. The summed E-state index contributed by atoms with van der Waals surface area (Å²) in [6.45, 7) is 5.21. The first kappa shape index (κ1) is 9.58. The molecule has 0 aliphatic carbocycles. The highest BCUT2D eigenvalue weighted by Crippen LogP contribution is 2.18. The summed E-state index contributed by atoms with van der Waals surface area (Å²) < 4.78 is 7.85. The molecule has 0 saturated heterocycles. The molecule has 0 saturated carbocycles. The largest absolute Gasteiger partial charge is 0.480 e. The van der Waals surface area contributed by atoms with Crippen molar-refractivity contribution in [2.75, 3.05) is 7.11 Å². The van der Waals surface area contributed by atoms with Crippen LogP contribution in [-0.2, 0) is 6.54 Å². The molecule has 0 fully saturated rings. The maximum Gasteiger partial charge on any atom is 0.233 e. The Morgan fingerprint density at radius 3 is 2.75 bits per heavy atom. The second-order valence-corrected chi connectivity index (χ2v) is 3.90. The highest BCUT2D eigenvalue weighted by molar-refractivity contribution is 9.10. The smallest absolute Gasteiger partial charge is 0.233 e. The average molecular weight is 233 g/mol. The molecule has 1 aromatic rings. The van der Waals surface area contributed by atoms with Crippen molar-refractivity contribution in [3.63, 3.8) is 0 Å². The van der Waals surface area contributed by atoms with Crippen molar-refractivity contribution in [2.24, 2.45) is 5.92 Å². The molecule has 0 amide bonds. The Labute approximate surface area is 80.8 Å². The summed E-state index contributed by atoms with van der Waals surface area (Å²) in [4.78, 5) is 0. The fourth-order valence-corrected chi connectivity index (χ4v) is 1.37. The molecule has 0 spiro atoms. The number of hydrogen-bond donors (Lipinski definition) is 0. The molecule has 1 aromatic heterocycles. The molecular formula is C8H13BrN2O. The van der Waals surface area contributed by atoms with E-state index in [1.165, 1.54) is 0 Å². The van der Waals surface area contributed by atoms with E-state index >= 15 is 0 Å². The maximum atomic E-state index is 5.00. The van der Waals surface area contributed by atoms with Crippen LogP contribution in [0.15, 0.2) is 10.7 Å². The van der Waals surface area contributed by atoms with E-state index in [1.807, 2.05) is 10.7 Å². The Morgan fingerprint density at radius 2 is 2.33 bits per heavy atom. The van der Waals surface area contributed by atoms with E-state index in [4.69, 9.17) is 4.74 Å². The zero-order chi connectivity index (χ0) is 9.14. The number of hydrogen-bond acceptors (Lipinski definition) is 2. The summed E-state index contributed by atoms with van der Waals surface area (Å²) >= 11 is 3.41. The minimum absolute atomic E-state index is 0.589. The van der Waals surface area contributed by atoms with E-state index in [1.54, 1.807) is 7.11 Å². The highest BCUT2D eigenvalue weighted by Gasteiger charge is 2.05. The van der Waals surface area contributed by atoms with Crippen LogP contribution in [0.1, 0.15) is 13.8 Å². The third-order valence-corrected chi connectivity index (χ3v) is 2.09. The molecular weight excluding hydrogens is 220 g/mol. The van der Waals surface area contributed by atoms with Gasteiger partial charge in [-0.15, -0.1) is 5.10 Å². The average Bonchev–Trinajstić information content (AvgIpc) is 2.31. The molecule has 0 aliphatic rings. The van der Waals surface area contributed by atoms with Gasteiger partial charge in [0.2, 0.25) is 5.88 Å². The van der Waals surface area contributed by atoms with E-state index in [2.05, 4.69) is 34.9 Å². The van der Waals surface area contributed by atoms with Gasteiger partial charge in [-0.25, -0.2) is 0 Å². The second kappa shape index (κ2) is 3.94. The van der Waals surface area contributed by atoms with Gasteiger partial charge in [0.15, 0.2) is 0 Å². The summed E-state index contributed by atoms with van der Waals surface area (Å²) in [6, 6.07) is 1.86. The molecule has 12 heavy (non-hydrogen) atoms. The van der Waals surface area contributed by atoms with E-state index < -0.39 is 0 Å². The topological polar surface area (TPSA) is 27.1 Å². The third kappa shape index (κ3) is 2.24. The number of halogens is 1. The molecule has 3 nitrogen and oxygen atoms in total. The standard InChI is InChI=1S/C8H13BrN2O/c1-6(2)5-11-7(9)4-8(10-11)12-3/h4,6H,5H2,1-3H3. The van der Waals surface area contributed by atoms with Gasteiger partial charge in [0, 0.05) is 12.6 Å². The van der Waals surface area contributed by atoms with Gasteiger partial charge in [-0.2, -0.15) is 0 Å². The summed E-state index contributed by atoms with van der Waals surface area (Å²) in [6.07, 6.45) is 0. The molecule has 0 atom stereocenters. The van der Waals surface area contributed by atoms with E-state index in [0.29, 0.717) is 11.8 Å². The normalized spacial score (nSPS) is 10.8. The number of ether oxygens (including phenoxy) is 1.